The summed E-state index contributed by atoms with van der Waals surface area (Å²) in [5.74, 6) is 2.01. The third-order valence-electron chi connectivity index (χ3n) is 5.39. The molecule has 1 aliphatic heterocycles. The Morgan fingerprint density at radius 3 is 2.55 bits per heavy atom. The number of halogens is 1. The number of aromatic nitrogens is 2. The van der Waals surface area contributed by atoms with Gasteiger partial charge in [-0.2, -0.15) is 0 Å². The quantitative estimate of drug-likeness (QED) is 0.494. The van der Waals surface area contributed by atoms with Gasteiger partial charge in [-0.3, -0.25) is 4.68 Å². The van der Waals surface area contributed by atoms with Crippen LogP contribution in [0.4, 0.5) is 4.39 Å². The minimum atomic E-state index is -1.58. The van der Waals surface area contributed by atoms with Crippen LogP contribution in [0.25, 0.3) is 0 Å². The summed E-state index contributed by atoms with van der Waals surface area (Å²) in [4.78, 5) is 0. The molecule has 1 saturated heterocycles. The number of nitrogens with zero attached hydrogens (tertiary/aromatic N) is 2. The molecule has 0 spiro atoms. The fourth-order valence-electron chi connectivity index (χ4n) is 3.57. The molecule has 1 aromatic heterocycles. The van der Waals surface area contributed by atoms with Gasteiger partial charge in [0.05, 0.1) is 6.61 Å². The van der Waals surface area contributed by atoms with Crippen LogP contribution in [0.3, 0.4) is 0 Å². The lowest BCUT2D eigenvalue weighted by molar-refractivity contribution is -0.278. The fraction of sp³-hybridized carbons (Fsp3) is 0.500. The van der Waals surface area contributed by atoms with Gasteiger partial charge >= 0.3 is 0 Å². The maximum atomic E-state index is 14.5. The Kier molecular flexibility index (Phi) is 6.99. The summed E-state index contributed by atoms with van der Waals surface area (Å²) in [6.45, 7) is 5.08. The van der Waals surface area contributed by atoms with E-state index < -0.39 is 43.1 Å². The highest BCUT2D eigenvalue weighted by molar-refractivity contribution is 5.40. The van der Waals surface area contributed by atoms with Crippen LogP contribution in [0.1, 0.15) is 42.3 Å². The normalized spacial score (nSPS) is 26.1. The molecule has 1 aromatic carbocycles. The number of rotatable bonds is 6. The van der Waals surface area contributed by atoms with Gasteiger partial charge in [-0.15, -0.1) is 11.5 Å². The first-order chi connectivity index (χ1) is 14.7. The van der Waals surface area contributed by atoms with Crippen molar-refractivity contribution >= 4 is 0 Å². The summed E-state index contributed by atoms with van der Waals surface area (Å²) >= 11 is 0. The summed E-state index contributed by atoms with van der Waals surface area (Å²) in [7, 11) is 0. The smallest absolute Gasteiger partial charge is 0.239 e. The molecule has 1 aliphatic rings. The lowest BCUT2D eigenvalue weighted by Crippen LogP contribution is -2.60. The molecule has 2 heterocycles. The molecule has 0 aliphatic carbocycles. The third kappa shape index (κ3) is 4.59. The Balaban J connectivity index is 1.95. The molecule has 2 aromatic rings. The monoisotopic (exact) mass is 434 g/mol. The van der Waals surface area contributed by atoms with Crippen LogP contribution in [0.5, 0.6) is 5.88 Å². The Bertz CT molecular complexity index is 968. The Hall–Kier alpha value is -2.48. The molecule has 0 radical (unpaired) electrons. The van der Waals surface area contributed by atoms with Gasteiger partial charge in [0.15, 0.2) is 0 Å². The number of hydrogen-bond donors (Lipinski definition) is 4. The molecule has 9 heteroatoms. The van der Waals surface area contributed by atoms with E-state index in [1.807, 2.05) is 20.8 Å². The number of terminal acetylenes is 1. The average Bonchev–Trinajstić information content (AvgIpc) is 3.05. The van der Waals surface area contributed by atoms with Gasteiger partial charge in [0, 0.05) is 29.3 Å². The van der Waals surface area contributed by atoms with Crippen LogP contribution >= 0.6 is 0 Å². The predicted octanol–water partition coefficient (Wildman–Crippen LogP) is 0.662. The van der Waals surface area contributed by atoms with Gasteiger partial charge in [0.25, 0.3) is 0 Å². The molecular weight excluding hydrogens is 407 g/mol. The standard InChI is InChI=1S/C22H27FN2O6/c1-5-13-6-7-14(16(23)8-13)9-15-12(4)25(11(2)3)24-21(15)31-22-20(29)19(28)18(27)17(10-26)30-22/h1,6-8,11,17-20,22,26-29H,9-10H2,2-4H3/t17-,18-,19+,20-,22-/m1/s1. The van der Waals surface area contributed by atoms with Gasteiger partial charge in [0.1, 0.15) is 30.2 Å². The maximum Gasteiger partial charge on any atom is 0.239 e. The maximum absolute atomic E-state index is 14.5. The van der Waals surface area contributed by atoms with Gasteiger partial charge < -0.3 is 29.9 Å². The van der Waals surface area contributed by atoms with E-state index in [0.717, 1.165) is 5.69 Å². The van der Waals surface area contributed by atoms with E-state index in [4.69, 9.17) is 15.9 Å². The van der Waals surface area contributed by atoms with Crippen molar-refractivity contribution in [2.45, 2.75) is 63.9 Å². The molecule has 8 nitrogen and oxygen atoms in total. The van der Waals surface area contributed by atoms with Gasteiger partial charge in [-0.25, -0.2) is 4.39 Å². The molecule has 1 fully saturated rings. The Morgan fingerprint density at radius 1 is 1.26 bits per heavy atom. The number of hydrogen-bond acceptors (Lipinski definition) is 7. The molecule has 3 rings (SSSR count). The van der Waals surface area contributed by atoms with Gasteiger partial charge in [-0.1, -0.05) is 12.0 Å². The highest BCUT2D eigenvalue weighted by Gasteiger charge is 2.45. The summed E-state index contributed by atoms with van der Waals surface area (Å²) < 4.78 is 27.4. The average molecular weight is 434 g/mol. The second-order valence-corrected chi connectivity index (χ2v) is 7.85. The number of aliphatic hydroxyl groups excluding tert-OH is 4. The topological polar surface area (TPSA) is 117 Å². The Morgan fingerprint density at radius 2 is 1.97 bits per heavy atom. The van der Waals surface area contributed by atoms with Gasteiger partial charge in [-0.05, 0) is 38.5 Å². The highest BCUT2D eigenvalue weighted by atomic mass is 19.1. The van der Waals surface area contributed by atoms with Gasteiger partial charge in [0.2, 0.25) is 12.2 Å². The zero-order chi connectivity index (χ0) is 22.9. The second-order valence-electron chi connectivity index (χ2n) is 7.85. The van der Waals surface area contributed by atoms with Crippen molar-refractivity contribution in [2.75, 3.05) is 6.61 Å². The summed E-state index contributed by atoms with van der Waals surface area (Å²) in [5, 5.41) is 44.1. The fourth-order valence-corrected chi connectivity index (χ4v) is 3.57. The minimum Gasteiger partial charge on any atom is -0.443 e. The van der Waals surface area contributed by atoms with E-state index in [9.17, 15) is 24.8 Å². The van der Waals surface area contributed by atoms with Crippen LogP contribution in [-0.2, 0) is 11.2 Å². The molecule has 4 N–H and O–H groups in total. The summed E-state index contributed by atoms with van der Waals surface area (Å²) in [5.41, 5.74) is 2.10. The van der Waals surface area contributed by atoms with Crippen LogP contribution < -0.4 is 4.74 Å². The van der Waals surface area contributed by atoms with Crippen molar-refractivity contribution < 1.29 is 34.3 Å². The number of aliphatic hydroxyl groups is 4. The second kappa shape index (κ2) is 9.34. The first-order valence-electron chi connectivity index (χ1n) is 9.98. The molecule has 31 heavy (non-hydrogen) atoms. The first kappa shape index (κ1) is 23.2. The first-order valence-corrected chi connectivity index (χ1v) is 9.98. The van der Waals surface area contributed by atoms with Crippen LogP contribution in [0, 0.1) is 25.1 Å². The highest BCUT2D eigenvalue weighted by Crippen LogP contribution is 2.31. The lowest BCUT2D eigenvalue weighted by atomic mass is 9.99. The Labute approximate surface area is 179 Å². The van der Waals surface area contributed by atoms with Crippen LogP contribution in [-0.4, -0.2) is 67.5 Å². The van der Waals surface area contributed by atoms with Crippen molar-refractivity contribution in [3.8, 4) is 18.2 Å². The van der Waals surface area contributed by atoms with E-state index in [-0.39, 0.29) is 18.3 Å². The van der Waals surface area contributed by atoms with Crippen molar-refractivity contribution in [3.05, 3.63) is 46.4 Å². The van der Waals surface area contributed by atoms with E-state index in [2.05, 4.69) is 11.0 Å². The molecule has 0 unspecified atom stereocenters. The molecule has 168 valence electrons. The van der Waals surface area contributed by atoms with E-state index >= 15 is 0 Å². The molecular formula is C22H27FN2O6. The summed E-state index contributed by atoms with van der Waals surface area (Å²) in [6.07, 6.45) is -1.71. The zero-order valence-corrected chi connectivity index (χ0v) is 17.6. The zero-order valence-electron chi connectivity index (χ0n) is 17.6. The van der Waals surface area contributed by atoms with E-state index in [1.54, 1.807) is 16.8 Å². The van der Waals surface area contributed by atoms with E-state index in [0.29, 0.717) is 16.7 Å². The minimum absolute atomic E-state index is 0.0282. The SMILES string of the molecule is C#Cc1ccc(Cc2c(O[C@H]3O[C@H](CO)[C@@H](O)[C@H](O)[C@H]3O)nn(C(C)C)c2C)c(F)c1. The van der Waals surface area contributed by atoms with E-state index in [1.165, 1.54) is 6.07 Å². The number of ether oxygens (including phenoxy) is 2. The van der Waals surface area contributed by atoms with Crippen LogP contribution in [0.2, 0.25) is 0 Å². The molecule has 0 bridgehead atoms. The van der Waals surface area contributed by atoms with Crippen LogP contribution in [0.15, 0.2) is 18.2 Å². The summed E-state index contributed by atoms with van der Waals surface area (Å²) in [6, 6.07) is 4.47. The van der Waals surface area contributed by atoms with Crippen molar-refractivity contribution in [3.63, 3.8) is 0 Å². The van der Waals surface area contributed by atoms with Crippen molar-refractivity contribution in [1.29, 1.82) is 0 Å². The molecule has 0 saturated carbocycles. The number of benzene rings is 1. The third-order valence-corrected chi connectivity index (χ3v) is 5.39. The van der Waals surface area contributed by atoms with Crippen molar-refractivity contribution in [2.24, 2.45) is 0 Å². The molecule has 5 atom stereocenters. The predicted molar refractivity (Wildman–Crippen MR) is 109 cm³/mol. The molecule has 0 amide bonds. The van der Waals surface area contributed by atoms with Crippen molar-refractivity contribution in [1.82, 2.24) is 9.78 Å². The largest absolute Gasteiger partial charge is 0.443 e. The lowest BCUT2D eigenvalue weighted by Gasteiger charge is -2.39.